The second-order valence-electron chi connectivity index (χ2n) is 4.67. The molecule has 0 radical (unpaired) electrons. The maximum absolute atomic E-state index is 11.5. The van der Waals surface area contributed by atoms with Gasteiger partial charge in [-0.2, -0.15) is 0 Å². The third kappa shape index (κ3) is 5.84. The molecule has 0 atom stereocenters. The van der Waals surface area contributed by atoms with Gasteiger partial charge in [0.25, 0.3) is 0 Å². The van der Waals surface area contributed by atoms with E-state index in [0.29, 0.717) is 13.2 Å². The number of carbonyl (C=O) groups is 2. The zero-order chi connectivity index (χ0) is 15.0. The van der Waals surface area contributed by atoms with Crippen molar-refractivity contribution in [3.05, 3.63) is 29.8 Å². The first-order valence-electron chi connectivity index (χ1n) is 6.64. The van der Waals surface area contributed by atoms with Crippen molar-refractivity contribution in [3.63, 3.8) is 0 Å². The smallest absolute Gasteiger partial charge is 0.220 e. The number of likely N-dealkylation sites (N-methyl/N-ethyl adjacent to an activating group) is 1. The fourth-order valence-corrected chi connectivity index (χ4v) is 1.73. The summed E-state index contributed by atoms with van der Waals surface area (Å²) in [7, 11) is 1.87. The van der Waals surface area contributed by atoms with Gasteiger partial charge in [-0.15, -0.1) is 0 Å². The van der Waals surface area contributed by atoms with Crippen LogP contribution in [0.2, 0.25) is 0 Å². The summed E-state index contributed by atoms with van der Waals surface area (Å²) in [4.78, 5) is 24.1. The van der Waals surface area contributed by atoms with E-state index in [1.54, 1.807) is 0 Å². The van der Waals surface area contributed by atoms with Gasteiger partial charge in [-0.1, -0.05) is 12.1 Å². The van der Waals surface area contributed by atoms with Gasteiger partial charge in [0.1, 0.15) is 18.1 Å². The van der Waals surface area contributed by atoms with Gasteiger partial charge >= 0.3 is 0 Å². The standard InChI is InChI=1S/C15H22N2O3/c1-12(18)10-17(13(2)19)11-14-4-6-15(7-5-14)20-9-8-16-3/h4-7,16H,8-11H2,1-3H3. The molecule has 0 aromatic heterocycles. The van der Waals surface area contributed by atoms with Crippen LogP contribution in [0.1, 0.15) is 19.4 Å². The fraction of sp³-hybridized carbons (Fsp3) is 0.467. The van der Waals surface area contributed by atoms with Gasteiger partial charge in [0.15, 0.2) is 0 Å². The van der Waals surface area contributed by atoms with Gasteiger partial charge in [0, 0.05) is 20.0 Å². The first kappa shape index (κ1) is 16.2. The fourth-order valence-electron chi connectivity index (χ4n) is 1.73. The second kappa shape index (κ2) is 8.32. The van der Waals surface area contributed by atoms with Crippen molar-refractivity contribution in [3.8, 4) is 5.75 Å². The Balaban J connectivity index is 2.58. The monoisotopic (exact) mass is 278 g/mol. The lowest BCUT2D eigenvalue weighted by Crippen LogP contribution is -2.32. The third-order valence-electron chi connectivity index (χ3n) is 2.78. The zero-order valence-electron chi connectivity index (χ0n) is 12.3. The summed E-state index contributed by atoms with van der Waals surface area (Å²) in [5, 5.41) is 3.00. The van der Waals surface area contributed by atoms with E-state index in [0.717, 1.165) is 17.9 Å². The Bertz CT molecular complexity index is 443. The molecule has 0 saturated heterocycles. The van der Waals surface area contributed by atoms with Gasteiger partial charge < -0.3 is 15.0 Å². The number of nitrogens with one attached hydrogen (secondary N) is 1. The van der Waals surface area contributed by atoms with Crippen LogP contribution in [0.3, 0.4) is 0 Å². The lowest BCUT2D eigenvalue weighted by molar-refractivity contribution is -0.133. The van der Waals surface area contributed by atoms with Crippen molar-refractivity contribution in [1.29, 1.82) is 0 Å². The summed E-state index contributed by atoms with van der Waals surface area (Å²) in [6, 6.07) is 7.56. The summed E-state index contributed by atoms with van der Waals surface area (Å²) in [5.41, 5.74) is 0.974. The number of ether oxygens (including phenoxy) is 1. The Morgan fingerprint density at radius 3 is 2.35 bits per heavy atom. The molecule has 5 heteroatoms. The summed E-state index contributed by atoms with van der Waals surface area (Å²) >= 11 is 0. The Morgan fingerprint density at radius 2 is 1.85 bits per heavy atom. The quantitative estimate of drug-likeness (QED) is 0.726. The predicted molar refractivity (Wildman–Crippen MR) is 77.6 cm³/mol. The van der Waals surface area contributed by atoms with Crippen LogP contribution in [0.15, 0.2) is 24.3 Å². The Hall–Kier alpha value is -1.88. The molecule has 1 aromatic carbocycles. The van der Waals surface area contributed by atoms with Crippen molar-refractivity contribution in [2.45, 2.75) is 20.4 Å². The van der Waals surface area contributed by atoms with Crippen molar-refractivity contribution >= 4 is 11.7 Å². The summed E-state index contributed by atoms with van der Waals surface area (Å²) < 4.78 is 5.52. The lowest BCUT2D eigenvalue weighted by Gasteiger charge is -2.19. The molecule has 5 nitrogen and oxygen atoms in total. The molecule has 110 valence electrons. The van der Waals surface area contributed by atoms with Gasteiger partial charge in [-0.25, -0.2) is 0 Å². The first-order valence-corrected chi connectivity index (χ1v) is 6.64. The van der Waals surface area contributed by atoms with Crippen LogP contribution in [-0.2, 0) is 16.1 Å². The molecule has 0 unspecified atom stereocenters. The number of rotatable bonds is 8. The van der Waals surface area contributed by atoms with Crippen molar-refractivity contribution in [2.24, 2.45) is 0 Å². The third-order valence-corrected chi connectivity index (χ3v) is 2.78. The van der Waals surface area contributed by atoms with E-state index >= 15 is 0 Å². The van der Waals surface area contributed by atoms with Crippen LogP contribution in [-0.4, -0.2) is 43.3 Å². The Morgan fingerprint density at radius 1 is 1.20 bits per heavy atom. The molecule has 0 aliphatic carbocycles. The first-order chi connectivity index (χ1) is 9.52. The molecule has 0 aliphatic heterocycles. The van der Waals surface area contributed by atoms with Crippen LogP contribution in [0.25, 0.3) is 0 Å². The number of nitrogens with zero attached hydrogens (tertiary/aromatic N) is 1. The van der Waals surface area contributed by atoms with E-state index < -0.39 is 0 Å². The molecule has 20 heavy (non-hydrogen) atoms. The van der Waals surface area contributed by atoms with Crippen LogP contribution >= 0.6 is 0 Å². The number of benzene rings is 1. The molecule has 0 bridgehead atoms. The Labute approximate surface area is 119 Å². The maximum atomic E-state index is 11.5. The maximum Gasteiger partial charge on any atom is 0.220 e. The largest absolute Gasteiger partial charge is 0.492 e. The zero-order valence-corrected chi connectivity index (χ0v) is 12.3. The molecular formula is C15H22N2O3. The highest BCUT2D eigenvalue weighted by Crippen LogP contribution is 2.13. The average Bonchev–Trinajstić information content (AvgIpc) is 2.39. The van der Waals surface area contributed by atoms with Gasteiger partial charge in [-0.05, 0) is 31.7 Å². The highest BCUT2D eigenvalue weighted by atomic mass is 16.5. The topological polar surface area (TPSA) is 58.6 Å². The highest BCUT2D eigenvalue weighted by molar-refractivity contribution is 5.83. The van der Waals surface area contributed by atoms with E-state index in [2.05, 4.69) is 5.32 Å². The molecular weight excluding hydrogens is 256 g/mol. The molecule has 0 aliphatic rings. The number of amides is 1. The Kier molecular flexibility index (Phi) is 6.73. The number of Topliss-reactive ketones (excluding diaryl/α,β-unsaturated/α-hetero) is 1. The number of hydrogen-bond donors (Lipinski definition) is 1. The van der Waals surface area contributed by atoms with Gasteiger partial charge in [0.2, 0.25) is 5.91 Å². The predicted octanol–water partition coefficient (Wildman–Crippen LogP) is 1.22. The minimum atomic E-state index is -0.102. The summed E-state index contributed by atoms with van der Waals surface area (Å²) in [6.07, 6.45) is 0. The number of hydrogen-bond acceptors (Lipinski definition) is 4. The highest BCUT2D eigenvalue weighted by Gasteiger charge is 2.11. The van der Waals surface area contributed by atoms with Gasteiger partial charge in [0.05, 0.1) is 6.54 Å². The van der Waals surface area contributed by atoms with E-state index in [-0.39, 0.29) is 18.2 Å². The van der Waals surface area contributed by atoms with E-state index in [9.17, 15) is 9.59 Å². The molecule has 0 heterocycles. The van der Waals surface area contributed by atoms with E-state index in [1.165, 1.54) is 18.7 Å². The van der Waals surface area contributed by atoms with Crippen molar-refractivity contribution < 1.29 is 14.3 Å². The molecule has 0 spiro atoms. The minimum absolute atomic E-state index is 0.0211. The summed E-state index contributed by atoms with van der Waals surface area (Å²) in [5.74, 6) is 0.673. The second-order valence-corrected chi connectivity index (χ2v) is 4.67. The molecule has 0 fully saturated rings. The number of ketones is 1. The van der Waals surface area contributed by atoms with E-state index in [4.69, 9.17) is 4.74 Å². The SMILES string of the molecule is CNCCOc1ccc(CN(CC(C)=O)C(C)=O)cc1. The van der Waals surface area contributed by atoms with Crippen molar-refractivity contribution in [2.75, 3.05) is 26.7 Å². The van der Waals surface area contributed by atoms with E-state index in [1.807, 2.05) is 31.3 Å². The number of carbonyl (C=O) groups excluding carboxylic acids is 2. The van der Waals surface area contributed by atoms with Crippen LogP contribution in [0, 0.1) is 0 Å². The van der Waals surface area contributed by atoms with Crippen LogP contribution < -0.4 is 10.1 Å². The lowest BCUT2D eigenvalue weighted by atomic mass is 10.2. The van der Waals surface area contributed by atoms with Crippen LogP contribution in [0.4, 0.5) is 0 Å². The normalized spacial score (nSPS) is 10.2. The van der Waals surface area contributed by atoms with Gasteiger partial charge in [-0.3, -0.25) is 9.59 Å². The molecule has 0 saturated carbocycles. The molecule has 1 N–H and O–H groups in total. The van der Waals surface area contributed by atoms with Crippen molar-refractivity contribution in [1.82, 2.24) is 10.2 Å². The molecule has 1 rings (SSSR count). The average molecular weight is 278 g/mol. The summed E-state index contributed by atoms with van der Waals surface area (Å²) in [6.45, 7) is 4.94. The van der Waals surface area contributed by atoms with Crippen LogP contribution in [0.5, 0.6) is 5.75 Å². The minimum Gasteiger partial charge on any atom is -0.492 e. The molecule has 1 aromatic rings. The molecule has 1 amide bonds.